The molecule has 0 bridgehead atoms. The smallest absolute Gasteiger partial charge is 0.277 e. The first-order valence-electron chi connectivity index (χ1n) is 7.56. The van der Waals surface area contributed by atoms with Crippen molar-refractivity contribution in [1.82, 2.24) is 5.43 Å². The van der Waals surface area contributed by atoms with Crippen molar-refractivity contribution in [3.63, 3.8) is 0 Å². The second kappa shape index (κ2) is 8.97. The maximum atomic E-state index is 13.6. The largest absolute Gasteiger partial charge is 0.483 e. The van der Waals surface area contributed by atoms with Gasteiger partial charge in [0.15, 0.2) is 6.61 Å². The summed E-state index contributed by atoms with van der Waals surface area (Å²) >= 11 is 9.29. The molecule has 0 saturated carbocycles. The van der Waals surface area contributed by atoms with Crippen LogP contribution in [0.1, 0.15) is 30.9 Å². The molecule has 0 aliphatic rings. The molecule has 25 heavy (non-hydrogen) atoms. The fourth-order valence-electron chi connectivity index (χ4n) is 1.97. The molecular weight excluding hydrogens is 411 g/mol. The number of carbonyl (C=O) groups excluding carboxylic acids is 1. The number of nitrogens with zero attached hydrogens (tertiary/aromatic N) is 1. The van der Waals surface area contributed by atoms with Gasteiger partial charge in [0.05, 0.1) is 15.7 Å². The van der Waals surface area contributed by atoms with E-state index in [1.807, 2.05) is 12.1 Å². The van der Waals surface area contributed by atoms with E-state index in [1.54, 1.807) is 6.07 Å². The highest BCUT2D eigenvalue weighted by Crippen LogP contribution is 2.28. The Bertz CT molecular complexity index is 776. The zero-order valence-electron chi connectivity index (χ0n) is 13.7. The topological polar surface area (TPSA) is 50.7 Å². The molecule has 132 valence electrons. The average Bonchev–Trinajstić information content (AvgIpc) is 2.56. The molecule has 2 rings (SSSR count). The number of hydrogen-bond donors (Lipinski definition) is 1. The molecule has 0 aliphatic carbocycles. The van der Waals surface area contributed by atoms with Gasteiger partial charge in [-0.2, -0.15) is 5.10 Å². The van der Waals surface area contributed by atoms with Crippen molar-refractivity contribution in [1.29, 1.82) is 0 Å². The molecule has 1 amide bonds. The number of hydrogen-bond acceptors (Lipinski definition) is 3. The number of carbonyl (C=O) groups is 1. The van der Waals surface area contributed by atoms with Crippen LogP contribution in [0.5, 0.6) is 5.75 Å². The summed E-state index contributed by atoms with van der Waals surface area (Å²) < 4.78 is 19.8. The lowest BCUT2D eigenvalue weighted by atomic mass is 10.0. The van der Waals surface area contributed by atoms with E-state index in [2.05, 4.69) is 40.3 Å². The number of benzene rings is 2. The first-order chi connectivity index (χ1) is 11.9. The van der Waals surface area contributed by atoms with E-state index in [-0.39, 0.29) is 17.2 Å². The van der Waals surface area contributed by atoms with Gasteiger partial charge in [-0.3, -0.25) is 4.79 Å². The highest BCUT2D eigenvalue weighted by Gasteiger charge is 2.08. The Kier molecular flexibility index (Phi) is 6.96. The molecule has 0 atom stereocenters. The fourth-order valence-corrected chi connectivity index (χ4v) is 2.69. The maximum absolute atomic E-state index is 13.6. The van der Waals surface area contributed by atoms with Crippen LogP contribution in [0.25, 0.3) is 0 Å². The van der Waals surface area contributed by atoms with Gasteiger partial charge in [-0.25, -0.2) is 9.82 Å². The Balaban J connectivity index is 1.90. The van der Waals surface area contributed by atoms with Crippen molar-refractivity contribution < 1.29 is 13.9 Å². The van der Waals surface area contributed by atoms with E-state index < -0.39 is 11.7 Å². The molecule has 0 saturated heterocycles. The average molecular weight is 428 g/mol. The first kappa shape index (κ1) is 19.4. The monoisotopic (exact) mass is 426 g/mol. The van der Waals surface area contributed by atoms with Crippen LogP contribution in [-0.2, 0) is 4.79 Å². The summed E-state index contributed by atoms with van der Waals surface area (Å²) in [6.45, 7) is 3.97. The van der Waals surface area contributed by atoms with E-state index in [9.17, 15) is 9.18 Å². The highest BCUT2D eigenvalue weighted by molar-refractivity contribution is 9.10. The Morgan fingerprint density at radius 3 is 2.80 bits per heavy atom. The lowest BCUT2D eigenvalue weighted by molar-refractivity contribution is -0.123. The molecule has 0 spiro atoms. The van der Waals surface area contributed by atoms with Crippen molar-refractivity contribution >= 4 is 39.7 Å². The van der Waals surface area contributed by atoms with Gasteiger partial charge in [0.2, 0.25) is 0 Å². The van der Waals surface area contributed by atoms with Crippen LogP contribution in [0.15, 0.2) is 46.0 Å². The molecule has 0 unspecified atom stereocenters. The third-order valence-electron chi connectivity index (χ3n) is 3.36. The Morgan fingerprint density at radius 1 is 1.40 bits per heavy atom. The minimum Gasteiger partial charge on any atom is -0.483 e. The van der Waals surface area contributed by atoms with Gasteiger partial charge in [-0.15, -0.1) is 0 Å². The molecule has 0 radical (unpaired) electrons. The van der Waals surface area contributed by atoms with Crippen LogP contribution in [0, 0.1) is 5.82 Å². The second-order valence-corrected chi connectivity index (χ2v) is 6.82. The first-order valence-corrected chi connectivity index (χ1v) is 8.73. The van der Waals surface area contributed by atoms with Gasteiger partial charge in [0, 0.05) is 5.56 Å². The van der Waals surface area contributed by atoms with Gasteiger partial charge in [-0.05, 0) is 51.7 Å². The second-order valence-electron chi connectivity index (χ2n) is 5.56. The highest BCUT2D eigenvalue weighted by atomic mass is 79.9. The van der Waals surface area contributed by atoms with Gasteiger partial charge in [0.25, 0.3) is 5.91 Å². The molecule has 0 heterocycles. The van der Waals surface area contributed by atoms with Crippen LogP contribution >= 0.6 is 27.5 Å². The van der Waals surface area contributed by atoms with Crippen LogP contribution in [0.2, 0.25) is 5.02 Å². The third kappa shape index (κ3) is 5.54. The summed E-state index contributed by atoms with van der Waals surface area (Å²) in [4.78, 5) is 11.8. The minimum atomic E-state index is -0.518. The van der Waals surface area contributed by atoms with Crippen LogP contribution in [0.3, 0.4) is 0 Å². The zero-order chi connectivity index (χ0) is 18.4. The van der Waals surface area contributed by atoms with E-state index in [1.165, 1.54) is 18.2 Å². The zero-order valence-corrected chi connectivity index (χ0v) is 16.1. The summed E-state index contributed by atoms with van der Waals surface area (Å²) in [6, 6.07) is 9.99. The number of halogens is 3. The standard InChI is InChI=1S/C18H17BrClFN2O2/c1-11(2)12-6-7-17(14(19)8-12)25-10-18(24)23-22-9-13-15(20)4-3-5-16(13)21/h3-9,11H,10H2,1-2H3,(H,23,24)/b22-9+. The van der Waals surface area contributed by atoms with Crippen molar-refractivity contribution in [2.24, 2.45) is 5.10 Å². The van der Waals surface area contributed by atoms with E-state index >= 15 is 0 Å². The van der Waals surface area contributed by atoms with Crippen LogP contribution < -0.4 is 10.2 Å². The minimum absolute atomic E-state index is 0.109. The molecule has 2 aromatic rings. The van der Waals surface area contributed by atoms with Crippen LogP contribution in [-0.4, -0.2) is 18.7 Å². The van der Waals surface area contributed by atoms with Crippen molar-refractivity contribution in [2.45, 2.75) is 19.8 Å². The Morgan fingerprint density at radius 2 is 2.16 bits per heavy atom. The van der Waals surface area contributed by atoms with Crippen LogP contribution in [0.4, 0.5) is 4.39 Å². The lowest BCUT2D eigenvalue weighted by Crippen LogP contribution is -2.24. The summed E-state index contributed by atoms with van der Waals surface area (Å²) in [7, 11) is 0. The Hall–Kier alpha value is -1.92. The van der Waals surface area contributed by atoms with Crippen molar-refractivity contribution in [3.05, 3.63) is 62.8 Å². The molecule has 0 fully saturated rings. The summed E-state index contributed by atoms with van der Waals surface area (Å²) in [5.41, 5.74) is 3.54. The third-order valence-corrected chi connectivity index (χ3v) is 4.31. The summed E-state index contributed by atoms with van der Waals surface area (Å²) in [6.07, 6.45) is 1.16. The fraction of sp³-hybridized carbons (Fsp3) is 0.222. The molecule has 7 heteroatoms. The van der Waals surface area contributed by atoms with E-state index in [4.69, 9.17) is 16.3 Å². The number of hydrazone groups is 1. The summed E-state index contributed by atoms with van der Waals surface area (Å²) in [5, 5.41) is 3.91. The normalized spacial score (nSPS) is 11.1. The predicted molar refractivity (Wildman–Crippen MR) is 101 cm³/mol. The maximum Gasteiger partial charge on any atom is 0.277 e. The Labute approximate surface area is 159 Å². The molecule has 1 N–H and O–H groups in total. The SMILES string of the molecule is CC(C)c1ccc(OCC(=O)N/N=C/c2c(F)cccc2Cl)c(Br)c1. The van der Waals surface area contributed by atoms with Gasteiger partial charge in [0.1, 0.15) is 11.6 Å². The van der Waals surface area contributed by atoms with Gasteiger partial charge >= 0.3 is 0 Å². The van der Waals surface area contributed by atoms with Gasteiger partial charge in [-0.1, -0.05) is 37.6 Å². The lowest BCUT2D eigenvalue weighted by Gasteiger charge is -2.10. The number of amides is 1. The van der Waals surface area contributed by atoms with Gasteiger partial charge < -0.3 is 4.74 Å². The molecule has 2 aromatic carbocycles. The number of ether oxygens (including phenoxy) is 1. The molecule has 0 aliphatic heterocycles. The quantitative estimate of drug-likeness (QED) is 0.527. The van der Waals surface area contributed by atoms with E-state index in [0.29, 0.717) is 11.7 Å². The van der Waals surface area contributed by atoms with Crippen molar-refractivity contribution in [2.75, 3.05) is 6.61 Å². The predicted octanol–water partition coefficient (Wildman–Crippen LogP) is 4.89. The van der Waals surface area contributed by atoms with Crippen molar-refractivity contribution in [3.8, 4) is 5.75 Å². The molecular formula is C18H17BrClFN2O2. The number of rotatable bonds is 6. The summed E-state index contributed by atoms with van der Waals surface area (Å²) in [5.74, 6) is -0.0339. The molecule has 4 nitrogen and oxygen atoms in total. The molecule has 0 aromatic heterocycles. The number of nitrogens with one attached hydrogen (secondary N) is 1. The van der Waals surface area contributed by atoms with E-state index in [0.717, 1.165) is 16.3 Å².